The SMILES string of the molecule is CC[C@H](NC(=O)Oc1ccccc1)C(=O)O. The molecular weight excluding hydrogens is 210 g/mol. The number of carboxylic acid groups (broad SMARTS) is 1. The minimum Gasteiger partial charge on any atom is -0.480 e. The fraction of sp³-hybridized carbons (Fsp3) is 0.273. The van der Waals surface area contributed by atoms with Crippen molar-refractivity contribution < 1.29 is 19.4 Å². The summed E-state index contributed by atoms with van der Waals surface area (Å²) in [6, 6.07) is 7.53. The van der Waals surface area contributed by atoms with Gasteiger partial charge in [0.05, 0.1) is 0 Å². The predicted octanol–water partition coefficient (Wildman–Crippen LogP) is 1.64. The summed E-state index contributed by atoms with van der Waals surface area (Å²) >= 11 is 0. The molecule has 16 heavy (non-hydrogen) atoms. The Balaban J connectivity index is 2.50. The van der Waals surface area contributed by atoms with Crippen LogP contribution in [0.4, 0.5) is 4.79 Å². The highest BCUT2D eigenvalue weighted by atomic mass is 16.6. The lowest BCUT2D eigenvalue weighted by atomic mass is 10.2. The largest absolute Gasteiger partial charge is 0.480 e. The second kappa shape index (κ2) is 5.75. The third-order valence-electron chi connectivity index (χ3n) is 1.95. The number of aliphatic carboxylic acids is 1. The molecule has 0 aromatic heterocycles. The maximum atomic E-state index is 11.3. The van der Waals surface area contributed by atoms with Crippen molar-refractivity contribution in [2.24, 2.45) is 0 Å². The monoisotopic (exact) mass is 223 g/mol. The van der Waals surface area contributed by atoms with E-state index in [0.29, 0.717) is 12.2 Å². The number of benzene rings is 1. The minimum absolute atomic E-state index is 0.305. The molecule has 0 saturated carbocycles. The van der Waals surface area contributed by atoms with E-state index in [-0.39, 0.29) is 0 Å². The van der Waals surface area contributed by atoms with E-state index in [1.165, 1.54) is 0 Å². The second-order valence-electron chi connectivity index (χ2n) is 3.15. The van der Waals surface area contributed by atoms with Crippen LogP contribution in [0.25, 0.3) is 0 Å². The standard InChI is InChI=1S/C11H13NO4/c1-2-9(10(13)14)12-11(15)16-8-6-4-3-5-7-8/h3-7,9H,2H2,1H3,(H,12,15)(H,13,14)/t9-/m0/s1. The van der Waals surface area contributed by atoms with Crippen molar-refractivity contribution in [3.8, 4) is 5.75 Å². The average Bonchev–Trinajstić information content (AvgIpc) is 2.27. The van der Waals surface area contributed by atoms with Crippen molar-refractivity contribution in [2.75, 3.05) is 0 Å². The van der Waals surface area contributed by atoms with E-state index < -0.39 is 18.1 Å². The van der Waals surface area contributed by atoms with Gasteiger partial charge in [-0.3, -0.25) is 0 Å². The highest BCUT2D eigenvalue weighted by molar-refractivity contribution is 5.80. The van der Waals surface area contributed by atoms with Crippen LogP contribution in [0.1, 0.15) is 13.3 Å². The van der Waals surface area contributed by atoms with Crippen LogP contribution in [0.15, 0.2) is 30.3 Å². The van der Waals surface area contributed by atoms with Crippen LogP contribution >= 0.6 is 0 Å². The van der Waals surface area contributed by atoms with Crippen LogP contribution in [0.2, 0.25) is 0 Å². The van der Waals surface area contributed by atoms with Gasteiger partial charge in [0.25, 0.3) is 0 Å². The molecule has 1 atom stereocenters. The summed E-state index contributed by atoms with van der Waals surface area (Å²) in [5.74, 6) is -0.701. The maximum Gasteiger partial charge on any atom is 0.413 e. The van der Waals surface area contributed by atoms with Gasteiger partial charge in [0.1, 0.15) is 11.8 Å². The zero-order chi connectivity index (χ0) is 12.0. The Morgan fingerprint density at radius 2 is 2.00 bits per heavy atom. The first kappa shape index (κ1) is 12.0. The second-order valence-corrected chi connectivity index (χ2v) is 3.15. The maximum absolute atomic E-state index is 11.3. The number of carbonyl (C=O) groups excluding carboxylic acids is 1. The van der Waals surface area contributed by atoms with E-state index in [1.807, 2.05) is 0 Å². The molecule has 0 unspecified atom stereocenters. The Morgan fingerprint density at radius 1 is 1.38 bits per heavy atom. The molecule has 1 rings (SSSR count). The molecule has 5 heteroatoms. The van der Waals surface area contributed by atoms with Gasteiger partial charge in [-0.2, -0.15) is 0 Å². The van der Waals surface area contributed by atoms with Gasteiger partial charge >= 0.3 is 12.1 Å². The van der Waals surface area contributed by atoms with Crippen LogP contribution < -0.4 is 10.1 Å². The summed E-state index contributed by atoms with van der Waals surface area (Å²) in [6.45, 7) is 1.67. The molecule has 1 aromatic carbocycles. The molecule has 5 nitrogen and oxygen atoms in total. The van der Waals surface area contributed by atoms with Gasteiger partial charge in [0, 0.05) is 0 Å². The molecule has 0 fully saturated rings. The Morgan fingerprint density at radius 3 is 2.50 bits per heavy atom. The fourth-order valence-corrected chi connectivity index (χ4v) is 1.11. The van der Waals surface area contributed by atoms with Crippen LogP contribution in [-0.4, -0.2) is 23.2 Å². The van der Waals surface area contributed by atoms with E-state index >= 15 is 0 Å². The van der Waals surface area contributed by atoms with Crippen LogP contribution in [0.3, 0.4) is 0 Å². The van der Waals surface area contributed by atoms with E-state index in [2.05, 4.69) is 5.32 Å². The smallest absolute Gasteiger partial charge is 0.413 e. The number of carbonyl (C=O) groups is 2. The van der Waals surface area contributed by atoms with Crippen molar-refractivity contribution in [2.45, 2.75) is 19.4 Å². The number of hydrogen-bond acceptors (Lipinski definition) is 3. The van der Waals surface area contributed by atoms with Crippen molar-refractivity contribution in [1.29, 1.82) is 0 Å². The summed E-state index contributed by atoms with van der Waals surface area (Å²) in [5.41, 5.74) is 0. The first-order valence-electron chi connectivity index (χ1n) is 4.89. The van der Waals surface area contributed by atoms with Crippen LogP contribution in [0, 0.1) is 0 Å². The summed E-state index contributed by atoms with van der Waals surface area (Å²) in [6.07, 6.45) is -0.459. The molecule has 1 amide bonds. The first-order chi connectivity index (χ1) is 7.63. The molecular formula is C11H13NO4. The minimum atomic E-state index is -1.08. The quantitative estimate of drug-likeness (QED) is 0.813. The third kappa shape index (κ3) is 3.61. The summed E-state index contributed by atoms with van der Waals surface area (Å²) in [7, 11) is 0. The van der Waals surface area contributed by atoms with Gasteiger partial charge in [-0.25, -0.2) is 9.59 Å². The molecule has 0 bridgehead atoms. The highest BCUT2D eigenvalue weighted by Gasteiger charge is 2.18. The molecule has 0 aliphatic carbocycles. The number of hydrogen-bond donors (Lipinski definition) is 2. The molecule has 0 spiro atoms. The molecule has 1 aromatic rings. The zero-order valence-corrected chi connectivity index (χ0v) is 8.84. The summed E-state index contributed by atoms with van der Waals surface area (Å²) in [4.78, 5) is 21.9. The van der Waals surface area contributed by atoms with Gasteiger partial charge in [0.15, 0.2) is 0 Å². The van der Waals surface area contributed by atoms with Gasteiger partial charge in [0.2, 0.25) is 0 Å². The van der Waals surface area contributed by atoms with Crippen molar-refractivity contribution in [3.63, 3.8) is 0 Å². The summed E-state index contributed by atoms with van der Waals surface area (Å²) < 4.78 is 4.88. The van der Waals surface area contributed by atoms with Gasteiger partial charge < -0.3 is 15.2 Å². The van der Waals surface area contributed by atoms with Gasteiger partial charge in [-0.05, 0) is 18.6 Å². The Bertz CT molecular complexity index is 364. The molecule has 0 saturated heterocycles. The number of nitrogens with one attached hydrogen (secondary N) is 1. The molecule has 86 valence electrons. The summed E-state index contributed by atoms with van der Waals surface area (Å²) in [5, 5.41) is 11.0. The number of amides is 1. The lowest BCUT2D eigenvalue weighted by Crippen LogP contribution is -2.41. The van der Waals surface area contributed by atoms with E-state index in [0.717, 1.165) is 0 Å². The topological polar surface area (TPSA) is 75.6 Å². The average molecular weight is 223 g/mol. The number of ether oxygens (including phenoxy) is 1. The lowest BCUT2D eigenvalue weighted by Gasteiger charge is -2.11. The number of rotatable bonds is 4. The molecule has 0 aliphatic rings. The predicted molar refractivity (Wildman–Crippen MR) is 57.3 cm³/mol. The van der Waals surface area contributed by atoms with E-state index in [9.17, 15) is 9.59 Å². The number of carboxylic acids is 1. The molecule has 0 aliphatic heterocycles. The first-order valence-corrected chi connectivity index (χ1v) is 4.89. The van der Waals surface area contributed by atoms with Crippen molar-refractivity contribution in [1.82, 2.24) is 5.32 Å². The van der Waals surface area contributed by atoms with Crippen LogP contribution in [-0.2, 0) is 4.79 Å². The Hall–Kier alpha value is -2.04. The van der Waals surface area contributed by atoms with E-state index in [4.69, 9.17) is 9.84 Å². The third-order valence-corrected chi connectivity index (χ3v) is 1.95. The molecule has 0 radical (unpaired) electrons. The lowest BCUT2D eigenvalue weighted by molar-refractivity contribution is -0.139. The number of para-hydroxylation sites is 1. The van der Waals surface area contributed by atoms with Gasteiger partial charge in [-0.1, -0.05) is 25.1 Å². The fourth-order valence-electron chi connectivity index (χ4n) is 1.11. The Labute approximate surface area is 93.0 Å². The van der Waals surface area contributed by atoms with Crippen molar-refractivity contribution >= 4 is 12.1 Å². The molecule has 2 N–H and O–H groups in total. The van der Waals surface area contributed by atoms with Crippen molar-refractivity contribution in [3.05, 3.63) is 30.3 Å². The van der Waals surface area contributed by atoms with Crippen LogP contribution in [0.5, 0.6) is 5.75 Å². The highest BCUT2D eigenvalue weighted by Crippen LogP contribution is 2.08. The van der Waals surface area contributed by atoms with E-state index in [1.54, 1.807) is 37.3 Å². The van der Waals surface area contributed by atoms with Gasteiger partial charge in [-0.15, -0.1) is 0 Å². The zero-order valence-electron chi connectivity index (χ0n) is 8.84. The normalized spacial score (nSPS) is 11.6. The Kier molecular flexibility index (Phi) is 4.32. The molecule has 0 heterocycles.